The van der Waals surface area contributed by atoms with Crippen molar-refractivity contribution in [1.82, 2.24) is 15.0 Å². The van der Waals surface area contributed by atoms with E-state index in [0.717, 1.165) is 11.0 Å². The number of hydrogen-bond donors (Lipinski definition) is 0. The van der Waals surface area contributed by atoms with Gasteiger partial charge in [-0.2, -0.15) is 5.26 Å². The summed E-state index contributed by atoms with van der Waals surface area (Å²) < 4.78 is 1.77. The van der Waals surface area contributed by atoms with Crippen LogP contribution in [0.3, 0.4) is 0 Å². The zero-order valence-corrected chi connectivity index (χ0v) is 8.10. The van der Waals surface area contributed by atoms with Crippen LogP contribution in [0.2, 0.25) is 0 Å². The van der Waals surface area contributed by atoms with E-state index in [-0.39, 0.29) is 6.04 Å². The van der Waals surface area contributed by atoms with E-state index in [4.69, 9.17) is 5.26 Å². The maximum atomic E-state index is 8.94. The van der Waals surface area contributed by atoms with Gasteiger partial charge in [0.2, 0.25) is 0 Å². The molecule has 0 amide bonds. The molecule has 1 heterocycles. The first-order chi connectivity index (χ1) is 6.74. The summed E-state index contributed by atoms with van der Waals surface area (Å²) in [6.45, 7) is 4.03. The summed E-state index contributed by atoms with van der Waals surface area (Å²) in [5.74, 6) is 0. The highest BCUT2D eigenvalue weighted by Gasteiger charge is 2.10. The summed E-state index contributed by atoms with van der Waals surface area (Å²) >= 11 is 0. The van der Waals surface area contributed by atoms with Crippen LogP contribution in [0.5, 0.6) is 0 Å². The predicted molar refractivity (Wildman–Crippen MR) is 52.6 cm³/mol. The predicted octanol–water partition coefficient (Wildman–Crippen LogP) is 1.88. The van der Waals surface area contributed by atoms with Crippen molar-refractivity contribution in [2.24, 2.45) is 0 Å². The second-order valence-corrected chi connectivity index (χ2v) is 3.41. The summed E-state index contributed by atoms with van der Waals surface area (Å²) in [5, 5.41) is 17.0. The van der Waals surface area contributed by atoms with Crippen LogP contribution in [0.25, 0.3) is 11.0 Å². The molecule has 2 rings (SSSR count). The van der Waals surface area contributed by atoms with E-state index in [2.05, 4.69) is 16.4 Å². The van der Waals surface area contributed by atoms with Crippen LogP contribution in [0.4, 0.5) is 0 Å². The summed E-state index contributed by atoms with van der Waals surface area (Å²) in [7, 11) is 0. The third kappa shape index (κ3) is 1.14. The number of rotatable bonds is 1. The summed E-state index contributed by atoms with van der Waals surface area (Å²) in [5.41, 5.74) is 2.23. The van der Waals surface area contributed by atoms with Gasteiger partial charge >= 0.3 is 0 Å². The largest absolute Gasteiger partial charge is 0.241 e. The van der Waals surface area contributed by atoms with Crippen molar-refractivity contribution >= 4 is 11.0 Å². The molecule has 0 saturated carbocycles. The number of aromatic nitrogens is 3. The summed E-state index contributed by atoms with van der Waals surface area (Å²) in [6.07, 6.45) is 0. The molecule has 0 N–H and O–H groups in total. The normalized spacial score (nSPS) is 10.7. The fourth-order valence-electron chi connectivity index (χ4n) is 1.45. The van der Waals surface area contributed by atoms with E-state index in [1.165, 1.54) is 0 Å². The van der Waals surface area contributed by atoms with Crippen LogP contribution in [0.15, 0.2) is 18.2 Å². The third-order valence-electron chi connectivity index (χ3n) is 2.10. The molecule has 0 radical (unpaired) electrons. The van der Waals surface area contributed by atoms with Gasteiger partial charge in [0.25, 0.3) is 0 Å². The van der Waals surface area contributed by atoms with Crippen LogP contribution in [-0.4, -0.2) is 15.0 Å². The van der Waals surface area contributed by atoms with Gasteiger partial charge in [-0.25, -0.2) is 4.68 Å². The molecule has 0 fully saturated rings. The molecular weight excluding hydrogens is 176 g/mol. The number of fused-ring (bicyclic) bond motifs is 1. The molecule has 0 unspecified atom stereocenters. The van der Waals surface area contributed by atoms with Crippen LogP contribution in [-0.2, 0) is 0 Å². The molecular formula is C10H10N4. The van der Waals surface area contributed by atoms with Gasteiger partial charge in [0.05, 0.1) is 5.56 Å². The Balaban J connectivity index is 2.83. The van der Waals surface area contributed by atoms with Gasteiger partial charge in [-0.05, 0) is 26.0 Å². The Bertz CT molecular complexity index is 504. The van der Waals surface area contributed by atoms with Gasteiger partial charge in [0.1, 0.15) is 17.1 Å². The molecule has 0 spiro atoms. The Morgan fingerprint density at radius 2 is 2.21 bits per heavy atom. The first-order valence-corrected chi connectivity index (χ1v) is 4.48. The quantitative estimate of drug-likeness (QED) is 0.683. The van der Waals surface area contributed by atoms with E-state index >= 15 is 0 Å². The monoisotopic (exact) mass is 186 g/mol. The highest BCUT2D eigenvalue weighted by atomic mass is 15.4. The summed E-state index contributed by atoms with van der Waals surface area (Å²) in [4.78, 5) is 0. The lowest BCUT2D eigenvalue weighted by Gasteiger charge is -2.05. The zero-order chi connectivity index (χ0) is 10.1. The smallest absolute Gasteiger partial charge is 0.114 e. The van der Waals surface area contributed by atoms with Crippen molar-refractivity contribution in [3.05, 3.63) is 23.8 Å². The van der Waals surface area contributed by atoms with E-state index in [1.54, 1.807) is 10.7 Å². The van der Waals surface area contributed by atoms with Crippen molar-refractivity contribution in [1.29, 1.82) is 5.26 Å². The van der Waals surface area contributed by atoms with Crippen molar-refractivity contribution < 1.29 is 0 Å². The standard InChI is InChI=1S/C10H10N4/c1-7(2)14-10-8(6-11)4-3-5-9(10)12-13-14/h3-5,7H,1-2H3. The second-order valence-electron chi connectivity index (χ2n) is 3.41. The minimum absolute atomic E-state index is 0.217. The van der Waals surface area contributed by atoms with E-state index in [0.29, 0.717) is 5.56 Å². The molecule has 0 aliphatic rings. The SMILES string of the molecule is CC(C)n1nnc2cccc(C#N)c21. The molecule has 0 aliphatic carbocycles. The number of para-hydroxylation sites is 1. The Hall–Kier alpha value is -1.89. The molecule has 0 bridgehead atoms. The fraction of sp³-hybridized carbons (Fsp3) is 0.300. The first kappa shape index (κ1) is 8.70. The van der Waals surface area contributed by atoms with Crippen LogP contribution >= 0.6 is 0 Å². The Labute approximate surface area is 81.8 Å². The van der Waals surface area contributed by atoms with Gasteiger partial charge in [-0.3, -0.25) is 0 Å². The minimum Gasteiger partial charge on any atom is -0.241 e. The average molecular weight is 186 g/mol. The van der Waals surface area contributed by atoms with Crippen LogP contribution in [0, 0.1) is 11.3 Å². The molecule has 4 heteroatoms. The lowest BCUT2D eigenvalue weighted by atomic mass is 10.2. The highest BCUT2D eigenvalue weighted by molar-refractivity contribution is 5.80. The highest BCUT2D eigenvalue weighted by Crippen LogP contribution is 2.18. The van der Waals surface area contributed by atoms with E-state index in [9.17, 15) is 0 Å². The van der Waals surface area contributed by atoms with E-state index in [1.807, 2.05) is 26.0 Å². The molecule has 14 heavy (non-hydrogen) atoms. The molecule has 70 valence electrons. The number of nitriles is 1. The lowest BCUT2D eigenvalue weighted by molar-refractivity contribution is 0.530. The molecule has 1 aromatic heterocycles. The molecule has 0 saturated heterocycles. The molecule has 0 atom stereocenters. The summed E-state index contributed by atoms with van der Waals surface area (Å²) in [6, 6.07) is 7.83. The maximum Gasteiger partial charge on any atom is 0.114 e. The Morgan fingerprint density at radius 1 is 1.43 bits per heavy atom. The third-order valence-corrected chi connectivity index (χ3v) is 2.10. The topological polar surface area (TPSA) is 54.5 Å². The van der Waals surface area contributed by atoms with Crippen molar-refractivity contribution in [3.63, 3.8) is 0 Å². The zero-order valence-electron chi connectivity index (χ0n) is 8.10. The lowest BCUT2D eigenvalue weighted by Crippen LogP contribution is -2.03. The number of benzene rings is 1. The molecule has 4 nitrogen and oxygen atoms in total. The van der Waals surface area contributed by atoms with Crippen molar-refractivity contribution in [3.8, 4) is 6.07 Å². The van der Waals surface area contributed by atoms with Crippen molar-refractivity contribution in [2.75, 3.05) is 0 Å². The maximum absolute atomic E-state index is 8.94. The average Bonchev–Trinajstić information content (AvgIpc) is 2.60. The number of nitrogens with zero attached hydrogens (tertiary/aromatic N) is 4. The minimum atomic E-state index is 0.217. The fourth-order valence-corrected chi connectivity index (χ4v) is 1.45. The first-order valence-electron chi connectivity index (χ1n) is 4.48. The number of hydrogen-bond acceptors (Lipinski definition) is 3. The second kappa shape index (κ2) is 3.11. The van der Waals surface area contributed by atoms with Crippen LogP contribution in [0.1, 0.15) is 25.5 Å². The van der Waals surface area contributed by atoms with Gasteiger partial charge in [-0.1, -0.05) is 11.3 Å². The van der Waals surface area contributed by atoms with Gasteiger partial charge in [-0.15, -0.1) is 5.10 Å². The van der Waals surface area contributed by atoms with Crippen molar-refractivity contribution in [2.45, 2.75) is 19.9 Å². The Morgan fingerprint density at radius 3 is 2.86 bits per heavy atom. The van der Waals surface area contributed by atoms with Gasteiger partial charge < -0.3 is 0 Å². The van der Waals surface area contributed by atoms with Gasteiger partial charge in [0.15, 0.2) is 0 Å². The van der Waals surface area contributed by atoms with Crippen LogP contribution < -0.4 is 0 Å². The Kier molecular flexibility index (Phi) is 1.93. The molecule has 2 aromatic rings. The molecule has 1 aromatic carbocycles. The molecule has 0 aliphatic heterocycles. The van der Waals surface area contributed by atoms with E-state index < -0.39 is 0 Å². The van der Waals surface area contributed by atoms with Gasteiger partial charge in [0, 0.05) is 6.04 Å².